The van der Waals surface area contributed by atoms with Gasteiger partial charge < -0.3 is 9.64 Å². The van der Waals surface area contributed by atoms with Gasteiger partial charge in [0.2, 0.25) is 5.91 Å². The molecule has 1 saturated carbocycles. The van der Waals surface area contributed by atoms with Gasteiger partial charge in [-0.05, 0) is 31.4 Å². The monoisotopic (exact) mass is 247 g/mol. The number of likely N-dealkylation sites (N-methyl/N-ethyl adjacent to an activating group) is 1. The fraction of sp³-hybridized carbons (Fsp3) is 0.533. The third-order valence-electron chi connectivity index (χ3n) is 3.52. The molecule has 2 unspecified atom stereocenters. The Bertz CT molecular complexity index is 413. The van der Waals surface area contributed by atoms with E-state index in [9.17, 15) is 4.79 Å². The molecular weight excluding hydrogens is 226 g/mol. The van der Waals surface area contributed by atoms with Crippen molar-refractivity contribution in [2.75, 3.05) is 20.2 Å². The Morgan fingerprint density at radius 2 is 2.00 bits per heavy atom. The molecule has 1 aliphatic rings. The minimum atomic E-state index is 0.259. The van der Waals surface area contributed by atoms with Gasteiger partial charge in [0.05, 0.1) is 6.54 Å². The van der Waals surface area contributed by atoms with Crippen molar-refractivity contribution in [3.05, 3.63) is 29.8 Å². The Labute approximate surface area is 109 Å². The molecule has 0 bridgehead atoms. The maximum absolute atomic E-state index is 11.9. The van der Waals surface area contributed by atoms with Crippen LogP contribution in [0.25, 0.3) is 0 Å². The van der Waals surface area contributed by atoms with E-state index in [-0.39, 0.29) is 11.8 Å². The fourth-order valence-corrected chi connectivity index (χ4v) is 1.99. The summed E-state index contributed by atoms with van der Waals surface area (Å²) in [5.74, 6) is 1.95. The van der Waals surface area contributed by atoms with E-state index in [2.05, 4.69) is 6.92 Å². The predicted molar refractivity (Wildman–Crippen MR) is 71.6 cm³/mol. The van der Waals surface area contributed by atoms with Crippen LogP contribution in [-0.2, 0) is 4.79 Å². The molecule has 1 fully saturated rings. The Balaban J connectivity index is 1.71. The molecule has 0 N–H and O–H groups in total. The standard InChI is InChI=1S/C15H21NO2/c1-11-4-6-13(7-5-11)18-9-8-16(3)15(17)14-10-12(14)2/h4-7,12,14H,8-10H2,1-3H3. The zero-order valence-corrected chi connectivity index (χ0v) is 11.3. The number of hydrogen-bond acceptors (Lipinski definition) is 2. The molecule has 0 saturated heterocycles. The summed E-state index contributed by atoms with van der Waals surface area (Å²) in [6.07, 6.45) is 1.04. The number of rotatable bonds is 5. The lowest BCUT2D eigenvalue weighted by Gasteiger charge is -2.17. The first kappa shape index (κ1) is 12.9. The van der Waals surface area contributed by atoms with Crippen LogP contribution in [0.1, 0.15) is 18.9 Å². The third kappa shape index (κ3) is 3.25. The SMILES string of the molecule is Cc1ccc(OCCN(C)C(=O)C2CC2C)cc1. The molecule has 1 aliphatic carbocycles. The van der Waals surface area contributed by atoms with Crippen LogP contribution in [0.15, 0.2) is 24.3 Å². The van der Waals surface area contributed by atoms with Crippen molar-refractivity contribution in [3.63, 3.8) is 0 Å². The third-order valence-corrected chi connectivity index (χ3v) is 3.52. The Kier molecular flexibility index (Phi) is 3.90. The van der Waals surface area contributed by atoms with Crippen molar-refractivity contribution in [2.45, 2.75) is 20.3 Å². The van der Waals surface area contributed by atoms with Crippen molar-refractivity contribution in [1.29, 1.82) is 0 Å². The lowest BCUT2D eigenvalue weighted by Crippen LogP contribution is -2.32. The number of amides is 1. The number of nitrogens with zero attached hydrogens (tertiary/aromatic N) is 1. The molecule has 3 nitrogen and oxygen atoms in total. The van der Waals surface area contributed by atoms with Gasteiger partial charge in [-0.2, -0.15) is 0 Å². The van der Waals surface area contributed by atoms with Crippen molar-refractivity contribution in [3.8, 4) is 5.75 Å². The number of carbonyl (C=O) groups is 1. The molecule has 0 aromatic heterocycles. The average Bonchev–Trinajstić information content (AvgIpc) is 3.08. The summed E-state index contributed by atoms with van der Waals surface area (Å²) in [6.45, 7) is 5.37. The Morgan fingerprint density at radius 3 is 2.56 bits per heavy atom. The van der Waals surface area contributed by atoms with Crippen LogP contribution < -0.4 is 4.74 Å². The predicted octanol–water partition coefficient (Wildman–Crippen LogP) is 2.49. The molecule has 3 heteroatoms. The van der Waals surface area contributed by atoms with E-state index >= 15 is 0 Å². The molecule has 1 aromatic carbocycles. The number of aryl methyl sites for hydroxylation is 1. The van der Waals surface area contributed by atoms with Gasteiger partial charge >= 0.3 is 0 Å². The molecule has 1 aromatic rings. The average molecular weight is 247 g/mol. The quantitative estimate of drug-likeness (QED) is 0.800. The minimum Gasteiger partial charge on any atom is -0.492 e. The molecule has 0 spiro atoms. The molecule has 0 radical (unpaired) electrons. The fourth-order valence-electron chi connectivity index (χ4n) is 1.99. The highest BCUT2D eigenvalue weighted by atomic mass is 16.5. The lowest BCUT2D eigenvalue weighted by molar-refractivity contribution is -0.131. The molecule has 2 rings (SSSR count). The Morgan fingerprint density at radius 1 is 1.39 bits per heavy atom. The summed E-state index contributed by atoms with van der Waals surface area (Å²) in [5, 5.41) is 0. The molecule has 0 aliphatic heterocycles. The first-order chi connectivity index (χ1) is 8.58. The molecule has 98 valence electrons. The summed E-state index contributed by atoms with van der Waals surface area (Å²) >= 11 is 0. The van der Waals surface area contributed by atoms with E-state index in [1.54, 1.807) is 4.90 Å². The maximum atomic E-state index is 11.9. The van der Waals surface area contributed by atoms with Gasteiger partial charge in [-0.3, -0.25) is 4.79 Å². The van der Waals surface area contributed by atoms with Crippen molar-refractivity contribution in [1.82, 2.24) is 4.90 Å². The van der Waals surface area contributed by atoms with Gasteiger partial charge in [-0.25, -0.2) is 0 Å². The summed E-state index contributed by atoms with van der Waals surface area (Å²) in [6, 6.07) is 7.96. The lowest BCUT2D eigenvalue weighted by atomic mass is 10.2. The van der Waals surface area contributed by atoms with Crippen LogP contribution in [0.2, 0.25) is 0 Å². The first-order valence-corrected chi connectivity index (χ1v) is 6.52. The normalized spacial score (nSPS) is 21.5. The largest absolute Gasteiger partial charge is 0.492 e. The molecule has 18 heavy (non-hydrogen) atoms. The number of carbonyl (C=O) groups excluding carboxylic acids is 1. The van der Waals surface area contributed by atoms with Crippen molar-refractivity contribution < 1.29 is 9.53 Å². The van der Waals surface area contributed by atoms with Crippen LogP contribution in [0.5, 0.6) is 5.75 Å². The van der Waals surface area contributed by atoms with Crippen LogP contribution in [0, 0.1) is 18.8 Å². The van der Waals surface area contributed by atoms with Gasteiger partial charge in [0.15, 0.2) is 0 Å². The van der Waals surface area contributed by atoms with Crippen LogP contribution >= 0.6 is 0 Å². The molecular formula is C15H21NO2. The Hall–Kier alpha value is -1.51. The summed E-state index contributed by atoms with van der Waals surface area (Å²) < 4.78 is 5.61. The van der Waals surface area contributed by atoms with E-state index in [1.807, 2.05) is 38.2 Å². The summed E-state index contributed by atoms with van der Waals surface area (Å²) in [4.78, 5) is 13.7. The van der Waals surface area contributed by atoms with Gasteiger partial charge in [-0.1, -0.05) is 24.6 Å². The van der Waals surface area contributed by atoms with Crippen molar-refractivity contribution >= 4 is 5.91 Å². The van der Waals surface area contributed by atoms with E-state index in [1.165, 1.54) is 5.56 Å². The smallest absolute Gasteiger partial charge is 0.225 e. The highest BCUT2D eigenvalue weighted by Gasteiger charge is 2.40. The second-order valence-electron chi connectivity index (χ2n) is 5.24. The maximum Gasteiger partial charge on any atom is 0.225 e. The highest BCUT2D eigenvalue weighted by Crippen LogP contribution is 2.38. The second-order valence-corrected chi connectivity index (χ2v) is 5.24. The summed E-state index contributed by atoms with van der Waals surface area (Å²) in [5.41, 5.74) is 1.22. The van der Waals surface area contributed by atoms with Gasteiger partial charge in [0, 0.05) is 13.0 Å². The highest BCUT2D eigenvalue weighted by molar-refractivity contribution is 5.81. The number of benzene rings is 1. The van der Waals surface area contributed by atoms with Gasteiger partial charge in [-0.15, -0.1) is 0 Å². The van der Waals surface area contributed by atoms with Gasteiger partial charge in [0.25, 0.3) is 0 Å². The van der Waals surface area contributed by atoms with Crippen LogP contribution in [0.4, 0.5) is 0 Å². The topological polar surface area (TPSA) is 29.5 Å². The zero-order valence-electron chi connectivity index (χ0n) is 11.3. The second kappa shape index (κ2) is 5.42. The molecule has 2 atom stereocenters. The van der Waals surface area contributed by atoms with E-state index < -0.39 is 0 Å². The number of hydrogen-bond donors (Lipinski definition) is 0. The van der Waals surface area contributed by atoms with Crippen LogP contribution in [-0.4, -0.2) is 31.0 Å². The van der Waals surface area contributed by atoms with Crippen LogP contribution in [0.3, 0.4) is 0 Å². The van der Waals surface area contributed by atoms with E-state index in [0.29, 0.717) is 19.1 Å². The first-order valence-electron chi connectivity index (χ1n) is 6.52. The zero-order chi connectivity index (χ0) is 13.1. The van der Waals surface area contributed by atoms with Gasteiger partial charge in [0.1, 0.15) is 12.4 Å². The minimum absolute atomic E-state index is 0.259. The summed E-state index contributed by atoms with van der Waals surface area (Å²) in [7, 11) is 1.85. The molecule has 1 amide bonds. The van der Waals surface area contributed by atoms with Crippen molar-refractivity contribution in [2.24, 2.45) is 11.8 Å². The van der Waals surface area contributed by atoms with E-state index in [0.717, 1.165) is 12.2 Å². The number of ether oxygens (including phenoxy) is 1. The molecule has 0 heterocycles. The van der Waals surface area contributed by atoms with E-state index in [4.69, 9.17) is 4.74 Å².